The molecular formula is C17H27ClN4O5. The molecule has 0 aliphatic heterocycles. The fourth-order valence-electron chi connectivity index (χ4n) is 1.94. The number of carbonyl (C=O) groups is 3. The third-order valence-electron chi connectivity index (χ3n) is 3.53. The summed E-state index contributed by atoms with van der Waals surface area (Å²) in [6.45, 7) is 3.47. The monoisotopic (exact) mass is 402 g/mol. The third kappa shape index (κ3) is 8.61. The minimum atomic E-state index is -0.653. The van der Waals surface area contributed by atoms with Crippen LogP contribution >= 0.6 is 12.4 Å². The second-order valence-corrected chi connectivity index (χ2v) is 6.00. The Balaban J connectivity index is 0.00000676. The molecule has 0 unspecified atom stereocenters. The summed E-state index contributed by atoms with van der Waals surface area (Å²) < 4.78 is 10.4. The number of benzene rings is 1. The summed E-state index contributed by atoms with van der Waals surface area (Å²) in [7, 11) is 1.46. The number of nitrogens with one attached hydrogen (secondary N) is 2. The van der Waals surface area contributed by atoms with E-state index in [1.165, 1.54) is 7.11 Å². The van der Waals surface area contributed by atoms with E-state index in [0.29, 0.717) is 11.5 Å². The van der Waals surface area contributed by atoms with Crippen LogP contribution in [-0.2, 0) is 20.9 Å². The summed E-state index contributed by atoms with van der Waals surface area (Å²) in [4.78, 5) is 34.3. The molecule has 152 valence electrons. The minimum Gasteiger partial charge on any atom is -0.493 e. The summed E-state index contributed by atoms with van der Waals surface area (Å²) in [5, 5.41) is 5.17. The molecule has 0 bridgehead atoms. The molecule has 0 saturated heterocycles. The fourth-order valence-corrected chi connectivity index (χ4v) is 1.94. The number of nitrogens with two attached hydrogens (primary N) is 2. The number of hydrogen-bond acceptors (Lipinski definition) is 6. The first kappa shape index (κ1) is 24.5. The third-order valence-corrected chi connectivity index (χ3v) is 3.53. The molecule has 0 aliphatic carbocycles. The van der Waals surface area contributed by atoms with E-state index in [0.717, 1.165) is 5.56 Å². The Morgan fingerprint density at radius 3 is 2.37 bits per heavy atom. The molecular weight excluding hydrogens is 376 g/mol. The van der Waals surface area contributed by atoms with Gasteiger partial charge in [-0.25, -0.2) is 0 Å². The largest absolute Gasteiger partial charge is 0.493 e. The van der Waals surface area contributed by atoms with Crippen molar-refractivity contribution in [1.82, 2.24) is 10.6 Å². The standard InChI is InChI=1S/C17H26N4O5.ClH/c1-10(2)16(19)17(24)21-8-15(23)20-7-11-4-5-12(13(6-11)25-3)26-9-14(18)22;/h4-6,10,16H,7-9,19H2,1-3H3,(H2,18,22)(H,20,23)(H,21,24);1H/t16-;/m0./s1. The molecule has 0 aromatic heterocycles. The van der Waals surface area contributed by atoms with E-state index in [1.54, 1.807) is 18.2 Å². The average molecular weight is 403 g/mol. The van der Waals surface area contributed by atoms with E-state index in [1.807, 2.05) is 13.8 Å². The maximum atomic E-state index is 11.8. The highest BCUT2D eigenvalue weighted by Crippen LogP contribution is 2.27. The van der Waals surface area contributed by atoms with Crippen LogP contribution in [0.15, 0.2) is 18.2 Å². The van der Waals surface area contributed by atoms with Gasteiger partial charge in [0.15, 0.2) is 18.1 Å². The maximum absolute atomic E-state index is 11.8. The Kier molecular flexibility index (Phi) is 10.9. The Morgan fingerprint density at radius 1 is 1.15 bits per heavy atom. The molecule has 10 heteroatoms. The predicted octanol–water partition coefficient (Wildman–Crippen LogP) is -0.303. The van der Waals surface area contributed by atoms with Crippen molar-refractivity contribution >= 4 is 30.1 Å². The van der Waals surface area contributed by atoms with Gasteiger partial charge in [0.25, 0.3) is 5.91 Å². The number of ether oxygens (including phenoxy) is 2. The van der Waals surface area contributed by atoms with Gasteiger partial charge in [0.2, 0.25) is 11.8 Å². The summed E-state index contributed by atoms with van der Waals surface area (Å²) in [6.07, 6.45) is 0. The topological polar surface area (TPSA) is 146 Å². The van der Waals surface area contributed by atoms with E-state index in [4.69, 9.17) is 20.9 Å². The molecule has 3 amide bonds. The molecule has 1 atom stereocenters. The quantitative estimate of drug-likeness (QED) is 0.422. The van der Waals surface area contributed by atoms with Gasteiger partial charge in [-0.2, -0.15) is 0 Å². The number of carbonyl (C=O) groups excluding carboxylic acids is 3. The molecule has 0 spiro atoms. The van der Waals surface area contributed by atoms with Crippen molar-refractivity contribution < 1.29 is 23.9 Å². The molecule has 0 heterocycles. The van der Waals surface area contributed by atoms with Gasteiger partial charge in [0.05, 0.1) is 19.7 Å². The number of amides is 3. The highest BCUT2D eigenvalue weighted by atomic mass is 35.5. The van der Waals surface area contributed by atoms with Crippen molar-refractivity contribution in [3.63, 3.8) is 0 Å². The van der Waals surface area contributed by atoms with Crippen LogP contribution in [0.5, 0.6) is 11.5 Å². The number of methoxy groups -OCH3 is 1. The molecule has 9 nitrogen and oxygen atoms in total. The van der Waals surface area contributed by atoms with Crippen LogP contribution in [0, 0.1) is 5.92 Å². The van der Waals surface area contributed by atoms with Gasteiger partial charge in [-0.15, -0.1) is 12.4 Å². The van der Waals surface area contributed by atoms with E-state index < -0.39 is 11.9 Å². The molecule has 27 heavy (non-hydrogen) atoms. The van der Waals surface area contributed by atoms with Gasteiger partial charge in [-0.1, -0.05) is 19.9 Å². The smallest absolute Gasteiger partial charge is 0.255 e. The van der Waals surface area contributed by atoms with Crippen molar-refractivity contribution in [2.45, 2.75) is 26.4 Å². The fraction of sp³-hybridized carbons (Fsp3) is 0.471. The molecule has 6 N–H and O–H groups in total. The zero-order chi connectivity index (χ0) is 19.7. The Bertz CT molecular complexity index is 654. The Morgan fingerprint density at radius 2 is 1.81 bits per heavy atom. The van der Waals surface area contributed by atoms with Gasteiger partial charge in [-0.05, 0) is 23.6 Å². The molecule has 0 aliphatic rings. The van der Waals surface area contributed by atoms with Crippen LogP contribution < -0.4 is 31.6 Å². The second kappa shape index (κ2) is 12.0. The van der Waals surface area contributed by atoms with E-state index >= 15 is 0 Å². The van der Waals surface area contributed by atoms with E-state index in [2.05, 4.69) is 10.6 Å². The van der Waals surface area contributed by atoms with Crippen LogP contribution in [0.3, 0.4) is 0 Å². The molecule has 1 aromatic carbocycles. The van der Waals surface area contributed by atoms with Gasteiger partial charge in [0.1, 0.15) is 0 Å². The van der Waals surface area contributed by atoms with Crippen molar-refractivity contribution in [3.05, 3.63) is 23.8 Å². The minimum absolute atomic E-state index is 0. The van der Waals surface area contributed by atoms with Crippen molar-refractivity contribution in [2.75, 3.05) is 20.3 Å². The van der Waals surface area contributed by atoms with Gasteiger partial charge < -0.3 is 31.6 Å². The van der Waals surface area contributed by atoms with Crippen LogP contribution in [0.2, 0.25) is 0 Å². The first-order valence-corrected chi connectivity index (χ1v) is 8.12. The van der Waals surface area contributed by atoms with Crippen LogP contribution in [0.25, 0.3) is 0 Å². The zero-order valence-electron chi connectivity index (χ0n) is 15.6. The first-order chi connectivity index (χ1) is 12.2. The zero-order valence-corrected chi connectivity index (χ0v) is 16.4. The lowest BCUT2D eigenvalue weighted by atomic mass is 10.1. The lowest BCUT2D eigenvalue weighted by molar-refractivity contribution is -0.127. The SMILES string of the molecule is COc1cc(CNC(=O)CNC(=O)[C@@H](N)C(C)C)ccc1OCC(N)=O.Cl. The summed E-state index contributed by atoms with van der Waals surface area (Å²) >= 11 is 0. The number of rotatable bonds is 10. The normalized spacial score (nSPS) is 11.1. The number of halogens is 1. The van der Waals surface area contributed by atoms with Crippen molar-refractivity contribution in [1.29, 1.82) is 0 Å². The van der Waals surface area contributed by atoms with E-state index in [9.17, 15) is 14.4 Å². The average Bonchev–Trinajstić information content (AvgIpc) is 2.61. The van der Waals surface area contributed by atoms with Crippen LogP contribution in [-0.4, -0.2) is 44.0 Å². The lowest BCUT2D eigenvalue weighted by Crippen LogP contribution is -2.47. The summed E-state index contributed by atoms with van der Waals surface area (Å²) in [5.74, 6) is -0.538. The molecule has 1 rings (SSSR count). The van der Waals surface area contributed by atoms with Crippen LogP contribution in [0.1, 0.15) is 19.4 Å². The van der Waals surface area contributed by atoms with E-state index in [-0.39, 0.29) is 49.8 Å². The maximum Gasteiger partial charge on any atom is 0.255 e. The molecule has 0 radical (unpaired) electrons. The predicted molar refractivity (Wildman–Crippen MR) is 103 cm³/mol. The Hall–Kier alpha value is -2.52. The van der Waals surface area contributed by atoms with Gasteiger partial charge in [0, 0.05) is 6.54 Å². The number of primary amides is 1. The highest BCUT2D eigenvalue weighted by Gasteiger charge is 2.17. The van der Waals surface area contributed by atoms with Gasteiger partial charge in [-0.3, -0.25) is 14.4 Å². The molecule has 0 saturated carbocycles. The van der Waals surface area contributed by atoms with Crippen molar-refractivity contribution in [3.8, 4) is 11.5 Å². The van der Waals surface area contributed by atoms with Gasteiger partial charge >= 0.3 is 0 Å². The van der Waals surface area contributed by atoms with Crippen molar-refractivity contribution in [2.24, 2.45) is 17.4 Å². The Labute approximate surface area is 164 Å². The molecule has 1 aromatic rings. The lowest BCUT2D eigenvalue weighted by Gasteiger charge is -2.15. The summed E-state index contributed by atoms with van der Waals surface area (Å²) in [6, 6.07) is 4.35. The summed E-state index contributed by atoms with van der Waals surface area (Å²) in [5.41, 5.74) is 11.5. The first-order valence-electron chi connectivity index (χ1n) is 8.12. The second-order valence-electron chi connectivity index (χ2n) is 6.00. The highest BCUT2D eigenvalue weighted by molar-refractivity contribution is 5.87. The number of hydrogen-bond donors (Lipinski definition) is 4. The molecule has 0 fully saturated rings. The van der Waals surface area contributed by atoms with Crippen LogP contribution in [0.4, 0.5) is 0 Å².